The Morgan fingerprint density at radius 3 is 2.27 bits per heavy atom. The number of allylic oxidation sites excluding steroid dienone is 2. The van der Waals surface area contributed by atoms with Gasteiger partial charge in [-0.1, -0.05) is 23.4 Å². The number of aromatic nitrogens is 1. The summed E-state index contributed by atoms with van der Waals surface area (Å²) in [4.78, 5) is 0. The molecule has 2 aromatic rings. The highest BCUT2D eigenvalue weighted by atomic mass is 16.5. The Bertz CT molecular complexity index is 829. The number of benzene rings is 1. The number of hydrogen-bond acceptors (Lipinski definition) is 7. The van der Waals surface area contributed by atoms with Crippen LogP contribution < -0.4 is 19.9 Å². The molecular formula is C19H22N2O5. The molecule has 1 unspecified atom stereocenters. The van der Waals surface area contributed by atoms with Crippen LogP contribution in [0.3, 0.4) is 0 Å². The topological polar surface area (TPSA) is 89.0 Å². The molecular weight excluding hydrogens is 336 g/mol. The van der Waals surface area contributed by atoms with Crippen LogP contribution >= 0.6 is 0 Å². The van der Waals surface area contributed by atoms with Gasteiger partial charge in [-0.25, -0.2) is 0 Å². The molecule has 0 bridgehead atoms. The van der Waals surface area contributed by atoms with E-state index in [-0.39, 0.29) is 12.0 Å². The molecule has 0 saturated heterocycles. The second-order valence-corrected chi connectivity index (χ2v) is 5.71. The van der Waals surface area contributed by atoms with E-state index < -0.39 is 0 Å². The largest absolute Gasteiger partial charge is 0.493 e. The Balaban J connectivity index is 2.10. The summed E-state index contributed by atoms with van der Waals surface area (Å²) in [5.74, 6) is 1.82. The zero-order chi connectivity index (χ0) is 18.7. The summed E-state index contributed by atoms with van der Waals surface area (Å²) in [5.41, 5.74) is 9.06. The molecule has 138 valence electrons. The standard InChI is InChI=1S/C19H22N2O5/c1-22-13-7-5-11(6-8-13)16-17(21-26-19(16)20)12-9-14(23-2)18(25-4)15(10-12)24-3/h5-7,9-10,13H,8,20H2,1-4H3. The maximum absolute atomic E-state index is 6.05. The first kappa shape index (κ1) is 17.9. The van der Waals surface area contributed by atoms with Gasteiger partial charge in [-0.3, -0.25) is 0 Å². The van der Waals surface area contributed by atoms with Gasteiger partial charge in [-0.15, -0.1) is 0 Å². The number of nitrogen functional groups attached to an aromatic ring is 1. The summed E-state index contributed by atoms with van der Waals surface area (Å²) in [6, 6.07) is 3.63. The minimum atomic E-state index is 0.0597. The van der Waals surface area contributed by atoms with E-state index in [1.807, 2.05) is 24.3 Å². The molecule has 7 heteroatoms. The van der Waals surface area contributed by atoms with Gasteiger partial charge in [0.25, 0.3) is 0 Å². The van der Waals surface area contributed by atoms with E-state index in [2.05, 4.69) is 11.2 Å². The highest BCUT2D eigenvalue weighted by Crippen LogP contribution is 2.43. The fourth-order valence-electron chi connectivity index (χ4n) is 2.96. The third-order valence-corrected chi connectivity index (χ3v) is 4.31. The van der Waals surface area contributed by atoms with Crippen molar-refractivity contribution in [2.75, 3.05) is 34.2 Å². The zero-order valence-electron chi connectivity index (χ0n) is 15.2. The van der Waals surface area contributed by atoms with Gasteiger partial charge in [0.05, 0.1) is 33.0 Å². The molecule has 1 aliphatic carbocycles. The summed E-state index contributed by atoms with van der Waals surface area (Å²) in [7, 11) is 6.37. The fraction of sp³-hybridized carbons (Fsp3) is 0.316. The molecule has 1 aromatic carbocycles. The van der Waals surface area contributed by atoms with Gasteiger partial charge in [-0.2, -0.15) is 0 Å². The Morgan fingerprint density at radius 1 is 1.08 bits per heavy atom. The Labute approximate surface area is 152 Å². The molecule has 26 heavy (non-hydrogen) atoms. The van der Waals surface area contributed by atoms with Crippen LogP contribution in [0.25, 0.3) is 16.8 Å². The van der Waals surface area contributed by atoms with Crippen molar-refractivity contribution < 1.29 is 23.5 Å². The quantitative estimate of drug-likeness (QED) is 0.847. The summed E-state index contributed by atoms with van der Waals surface area (Å²) >= 11 is 0. The molecule has 1 aliphatic rings. The zero-order valence-corrected chi connectivity index (χ0v) is 15.2. The molecule has 1 heterocycles. The fourth-order valence-corrected chi connectivity index (χ4v) is 2.96. The molecule has 0 fully saturated rings. The number of ether oxygens (including phenoxy) is 4. The first-order valence-electron chi connectivity index (χ1n) is 8.10. The Kier molecular flexibility index (Phi) is 5.18. The summed E-state index contributed by atoms with van der Waals surface area (Å²) in [6.45, 7) is 0. The van der Waals surface area contributed by atoms with Crippen LogP contribution in [0, 0.1) is 0 Å². The Morgan fingerprint density at radius 2 is 1.77 bits per heavy atom. The summed E-state index contributed by atoms with van der Waals surface area (Å²) < 4.78 is 26.8. The lowest BCUT2D eigenvalue weighted by Crippen LogP contribution is -2.08. The van der Waals surface area contributed by atoms with E-state index in [1.165, 1.54) is 0 Å². The number of hydrogen-bond donors (Lipinski definition) is 1. The highest BCUT2D eigenvalue weighted by molar-refractivity contribution is 5.89. The van der Waals surface area contributed by atoms with Gasteiger partial charge in [0.1, 0.15) is 5.69 Å². The van der Waals surface area contributed by atoms with Crippen molar-refractivity contribution >= 4 is 11.5 Å². The lowest BCUT2D eigenvalue weighted by Gasteiger charge is -2.16. The van der Waals surface area contributed by atoms with Crippen LogP contribution in [0.1, 0.15) is 12.0 Å². The molecule has 1 atom stereocenters. The third kappa shape index (κ3) is 3.13. The highest BCUT2D eigenvalue weighted by Gasteiger charge is 2.23. The SMILES string of the molecule is COc1cc(-c2noc(N)c2C2=CCC(OC)C=C2)cc(OC)c1OC. The van der Waals surface area contributed by atoms with Crippen LogP contribution in [-0.4, -0.2) is 39.7 Å². The van der Waals surface area contributed by atoms with Crippen molar-refractivity contribution in [1.82, 2.24) is 5.16 Å². The van der Waals surface area contributed by atoms with Crippen molar-refractivity contribution in [3.8, 4) is 28.5 Å². The minimum absolute atomic E-state index is 0.0597. The van der Waals surface area contributed by atoms with Gasteiger partial charge in [0.15, 0.2) is 11.5 Å². The first-order valence-corrected chi connectivity index (χ1v) is 8.10. The predicted molar refractivity (Wildman–Crippen MR) is 98.5 cm³/mol. The molecule has 0 radical (unpaired) electrons. The number of nitrogens with zero attached hydrogens (tertiary/aromatic N) is 1. The third-order valence-electron chi connectivity index (χ3n) is 4.31. The monoisotopic (exact) mass is 358 g/mol. The predicted octanol–water partition coefficient (Wildman–Crippen LogP) is 3.31. The molecule has 1 aromatic heterocycles. The second kappa shape index (κ2) is 7.53. The second-order valence-electron chi connectivity index (χ2n) is 5.71. The maximum Gasteiger partial charge on any atom is 0.230 e. The molecule has 7 nitrogen and oxygen atoms in total. The molecule has 0 spiro atoms. The Hall–Kier alpha value is -2.93. The van der Waals surface area contributed by atoms with Crippen molar-refractivity contribution in [2.45, 2.75) is 12.5 Å². The van der Waals surface area contributed by atoms with E-state index in [0.717, 1.165) is 23.1 Å². The molecule has 3 rings (SSSR count). The first-order chi connectivity index (χ1) is 12.6. The lowest BCUT2D eigenvalue weighted by atomic mass is 9.95. The van der Waals surface area contributed by atoms with E-state index in [4.69, 9.17) is 29.2 Å². The van der Waals surface area contributed by atoms with Gasteiger partial charge in [0.2, 0.25) is 11.6 Å². The average molecular weight is 358 g/mol. The van der Waals surface area contributed by atoms with Gasteiger partial charge in [-0.05, 0) is 24.1 Å². The van der Waals surface area contributed by atoms with Gasteiger partial charge >= 0.3 is 0 Å². The lowest BCUT2D eigenvalue weighted by molar-refractivity contribution is 0.143. The molecule has 0 aliphatic heterocycles. The maximum atomic E-state index is 6.05. The number of rotatable bonds is 6. The summed E-state index contributed by atoms with van der Waals surface area (Å²) in [5, 5.41) is 4.15. The van der Waals surface area contributed by atoms with E-state index in [0.29, 0.717) is 22.9 Å². The van der Waals surface area contributed by atoms with Crippen molar-refractivity contribution in [1.29, 1.82) is 0 Å². The number of methoxy groups -OCH3 is 4. The summed E-state index contributed by atoms with van der Waals surface area (Å²) in [6.07, 6.45) is 6.81. The number of anilines is 1. The van der Waals surface area contributed by atoms with E-state index >= 15 is 0 Å². The number of nitrogens with two attached hydrogens (primary N) is 1. The smallest absolute Gasteiger partial charge is 0.230 e. The van der Waals surface area contributed by atoms with Crippen LogP contribution in [0.4, 0.5) is 5.88 Å². The molecule has 2 N–H and O–H groups in total. The van der Waals surface area contributed by atoms with Crippen LogP contribution in [-0.2, 0) is 4.74 Å². The van der Waals surface area contributed by atoms with Crippen LogP contribution in [0.15, 0.2) is 34.9 Å². The van der Waals surface area contributed by atoms with Gasteiger partial charge < -0.3 is 29.2 Å². The van der Waals surface area contributed by atoms with Crippen molar-refractivity contribution in [3.05, 3.63) is 35.9 Å². The van der Waals surface area contributed by atoms with Crippen molar-refractivity contribution in [3.63, 3.8) is 0 Å². The van der Waals surface area contributed by atoms with Crippen molar-refractivity contribution in [2.24, 2.45) is 0 Å². The van der Waals surface area contributed by atoms with Gasteiger partial charge in [0, 0.05) is 12.7 Å². The molecule has 0 saturated carbocycles. The molecule has 0 amide bonds. The normalized spacial score (nSPS) is 16.3. The minimum Gasteiger partial charge on any atom is -0.493 e. The van der Waals surface area contributed by atoms with Crippen LogP contribution in [0.5, 0.6) is 17.2 Å². The van der Waals surface area contributed by atoms with Crippen LogP contribution in [0.2, 0.25) is 0 Å². The van der Waals surface area contributed by atoms with E-state index in [1.54, 1.807) is 28.4 Å². The van der Waals surface area contributed by atoms with E-state index in [9.17, 15) is 0 Å². The average Bonchev–Trinajstić information content (AvgIpc) is 3.08.